The maximum atomic E-state index is 13.8. The van der Waals surface area contributed by atoms with Crippen molar-refractivity contribution in [1.29, 1.82) is 0 Å². The zero-order valence-electron chi connectivity index (χ0n) is 20.5. The number of carboxylic acids is 1. The van der Waals surface area contributed by atoms with E-state index < -0.39 is 29.9 Å². The number of hydrogen-bond donors (Lipinski definition) is 2. The first-order chi connectivity index (χ1) is 17.7. The Morgan fingerprint density at radius 1 is 1.16 bits per heavy atom. The molecule has 1 aliphatic heterocycles. The lowest BCUT2D eigenvalue weighted by molar-refractivity contribution is -0.143. The summed E-state index contributed by atoms with van der Waals surface area (Å²) in [6, 6.07) is 1.60. The van der Waals surface area contributed by atoms with Gasteiger partial charge in [0.05, 0.1) is 36.1 Å². The molecule has 13 heteroatoms. The van der Waals surface area contributed by atoms with E-state index in [0.717, 1.165) is 0 Å². The molecular weight excluding hydrogens is 488 g/mol. The number of carbonyl (C=O) groups is 2. The van der Waals surface area contributed by atoms with Crippen LogP contribution in [-0.2, 0) is 9.53 Å². The van der Waals surface area contributed by atoms with E-state index in [1.165, 1.54) is 21.6 Å². The Morgan fingerprint density at radius 3 is 2.51 bits per heavy atom. The van der Waals surface area contributed by atoms with Crippen LogP contribution in [0.15, 0.2) is 24.7 Å². The summed E-state index contributed by atoms with van der Waals surface area (Å²) in [7, 11) is 0. The normalized spacial score (nSPS) is 24.5. The van der Waals surface area contributed by atoms with Gasteiger partial charge in [-0.1, -0.05) is 0 Å². The SMILES string of the molecule is C[C@@H]1CN(c2ccn3ncc(C(=O)Nc4cn([C@H]5CC[C@H](C(=O)O)CC5)nc4C(F)F)c3n2)C[C@H](C)O1. The predicted molar refractivity (Wildman–Crippen MR) is 129 cm³/mol. The van der Waals surface area contributed by atoms with Gasteiger partial charge in [0.1, 0.15) is 11.4 Å². The molecule has 0 unspecified atom stereocenters. The Labute approximate surface area is 211 Å². The Bertz CT molecular complexity index is 1290. The molecule has 4 heterocycles. The number of aromatic nitrogens is 5. The number of ether oxygens (including phenoxy) is 1. The molecular formula is C24H29F2N7O4. The van der Waals surface area contributed by atoms with Gasteiger partial charge < -0.3 is 20.1 Å². The number of rotatable bonds is 6. The summed E-state index contributed by atoms with van der Waals surface area (Å²) < 4.78 is 36.3. The highest BCUT2D eigenvalue weighted by molar-refractivity contribution is 6.08. The van der Waals surface area contributed by atoms with Gasteiger partial charge in [-0.25, -0.2) is 18.3 Å². The first-order valence-corrected chi connectivity index (χ1v) is 12.4. The third kappa shape index (κ3) is 5.13. The van der Waals surface area contributed by atoms with Gasteiger partial charge in [-0.15, -0.1) is 0 Å². The molecule has 2 fully saturated rings. The van der Waals surface area contributed by atoms with Crippen molar-refractivity contribution in [3.63, 3.8) is 0 Å². The maximum absolute atomic E-state index is 13.8. The lowest BCUT2D eigenvalue weighted by Gasteiger charge is -2.36. The number of carbonyl (C=O) groups excluding carboxylic acids is 1. The monoisotopic (exact) mass is 517 g/mol. The minimum Gasteiger partial charge on any atom is -0.481 e. The molecule has 0 spiro atoms. The predicted octanol–water partition coefficient (Wildman–Crippen LogP) is 3.55. The first-order valence-electron chi connectivity index (χ1n) is 12.4. The van der Waals surface area contributed by atoms with Crippen molar-refractivity contribution in [3.05, 3.63) is 35.9 Å². The second kappa shape index (κ2) is 10.0. The molecule has 0 radical (unpaired) electrons. The van der Waals surface area contributed by atoms with Crippen LogP contribution in [0.5, 0.6) is 0 Å². The van der Waals surface area contributed by atoms with Gasteiger partial charge in [-0.2, -0.15) is 10.2 Å². The van der Waals surface area contributed by atoms with Gasteiger partial charge in [0, 0.05) is 25.5 Å². The minimum atomic E-state index is -2.90. The van der Waals surface area contributed by atoms with Crippen LogP contribution in [0.4, 0.5) is 20.3 Å². The van der Waals surface area contributed by atoms with Crippen LogP contribution < -0.4 is 10.2 Å². The lowest BCUT2D eigenvalue weighted by Crippen LogP contribution is -2.45. The largest absolute Gasteiger partial charge is 0.481 e. The van der Waals surface area contributed by atoms with Crippen molar-refractivity contribution in [3.8, 4) is 0 Å². The van der Waals surface area contributed by atoms with E-state index in [4.69, 9.17) is 4.74 Å². The van der Waals surface area contributed by atoms with Crippen molar-refractivity contribution < 1.29 is 28.2 Å². The average Bonchev–Trinajstić information content (AvgIpc) is 3.47. The van der Waals surface area contributed by atoms with Crippen LogP contribution in [0.2, 0.25) is 0 Å². The van der Waals surface area contributed by atoms with Crippen LogP contribution in [0.25, 0.3) is 5.65 Å². The number of hydrogen-bond acceptors (Lipinski definition) is 7. The van der Waals surface area contributed by atoms with Gasteiger partial charge in [-0.05, 0) is 45.6 Å². The van der Waals surface area contributed by atoms with Gasteiger partial charge in [0.2, 0.25) is 0 Å². The number of alkyl halides is 2. The summed E-state index contributed by atoms with van der Waals surface area (Å²) in [6.07, 6.45) is 3.52. The van der Waals surface area contributed by atoms with Crippen molar-refractivity contribution in [1.82, 2.24) is 24.4 Å². The van der Waals surface area contributed by atoms with E-state index >= 15 is 0 Å². The number of amides is 1. The Kier molecular flexibility index (Phi) is 6.80. The number of nitrogens with one attached hydrogen (secondary N) is 1. The number of nitrogens with zero attached hydrogens (tertiary/aromatic N) is 6. The van der Waals surface area contributed by atoms with E-state index in [-0.39, 0.29) is 29.5 Å². The van der Waals surface area contributed by atoms with Crippen LogP contribution in [0.1, 0.15) is 68.0 Å². The molecule has 1 saturated carbocycles. The van der Waals surface area contributed by atoms with Crippen LogP contribution in [-0.4, -0.2) is 66.7 Å². The topological polar surface area (TPSA) is 127 Å². The van der Waals surface area contributed by atoms with Crippen molar-refractivity contribution in [2.45, 2.75) is 64.2 Å². The molecule has 0 bridgehead atoms. The third-order valence-electron chi connectivity index (χ3n) is 6.98. The summed E-state index contributed by atoms with van der Waals surface area (Å²) in [6.45, 7) is 5.26. The van der Waals surface area contributed by atoms with Crippen molar-refractivity contribution in [2.24, 2.45) is 5.92 Å². The molecule has 37 heavy (non-hydrogen) atoms. The smallest absolute Gasteiger partial charge is 0.306 e. The summed E-state index contributed by atoms with van der Waals surface area (Å²) in [4.78, 5) is 31.1. The quantitative estimate of drug-likeness (QED) is 0.508. The van der Waals surface area contributed by atoms with Crippen LogP contribution >= 0.6 is 0 Å². The second-order valence-electron chi connectivity index (χ2n) is 9.78. The molecule has 3 aromatic heterocycles. The number of fused-ring (bicyclic) bond motifs is 1. The van der Waals surface area contributed by atoms with Gasteiger partial charge in [-0.3, -0.25) is 14.3 Å². The van der Waals surface area contributed by atoms with Crippen molar-refractivity contribution in [2.75, 3.05) is 23.3 Å². The number of anilines is 2. The summed E-state index contributed by atoms with van der Waals surface area (Å²) >= 11 is 0. The zero-order valence-corrected chi connectivity index (χ0v) is 20.5. The van der Waals surface area contributed by atoms with Gasteiger partial charge in [0.15, 0.2) is 11.3 Å². The lowest BCUT2D eigenvalue weighted by atomic mass is 9.86. The maximum Gasteiger partial charge on any atom is 0.306 e. The highest BCUT2D eigenvalue weighted by Crippen LogP contribution is 2.35. The molecule has 0 aromatic carbocycles. The van der Waals surface area contributed by atoms with Gasteiger partial charge in [0.25, 0.3) is 12.3 Å². The van der Waals surface area contributed by atoms with Crippen molar-refractivity contribution >= 4 is 29.0 Å². The highest BCUT2D eigenvalue weighted by atomic mass is 19.3. The van der Waals surface area contributed by atoms with E-state index in [9.17, 15) is 23.5 Å². The number of carboxylic acid groups (broad SMARTS) is 1. The molecule has 2 atom stereocenters. The number of aliphatic carboxylic acids is 1. The summed E-state index contributed by atoms with van der Waals surface area (Å²) in [5.74, 6) is -1.23. The average molecular weight is 518 g/mol. The van der Waals surface area contributed by atoms with Crippen LogP contribution in [0, 0.1) is 5.92 Å². The van der Waals surface area contributed by atoms with Gasteiger partial charge >= 0.3 is 5.97 Å². The molecule has 11 nitrogen and oxygen atoms in total. The Hall–Kier alpha value is -3.61. The molecule has 198 valence electrons. The molecule has 2 aliphatic rings. The third-order valence-corrected chi connectivity index (χ3v) is 6.98. The molecule has 1 saturated heterocycles. The van der Waals surface area contributed by atoms with E-state index in [1.54, 1.807) is 6.20 Å². The Balaban J connectivity index is 1.37. The molecule has 5 rings (SSSR count). The standard InChI is InChI=1S/C24H29F2N7O4/c1-13-10-31(11-14(2)37-13)19-7-8-32-22(29-19)17(9-27-32)23(34)28-18-12-33(30-20(18)21(25)26)16-5-3-15(4-6-16)24(35)36/h7-9,12-16,21H,3-6,10-11H2,1-2H3,(H,28,34)(H,35,36)/t13-,14+,15-,16-. The molecule has 1 amide bonds. The second-order valence-corrected chi connectivity index (χ2v) is 9.78. The number of halogens is 2. The van der Waals surface area contributed by atoms with E-state index in [0.29, 0.717) is 50.2 Å². The number of morpholine rings is 1. The zero-order chi connectivity index (χ0) is 26.3. The fourth-order valence-electron chi connectivity index (χ4n) is 5.19. The first kappa shape index (κ1) is 25.1. The summed E-state index contributed by atoms with van der Waals surface area (Å²) in [5.41, 5.74) is -0.173. The fourth-order valence-corrected chi connectivity index (χ4v) is 5.19. The molecule has 1 aliphatic carbocycles. The minimum absolute atomic E-state index is 0.0259. The Morgan fingerprint density at radius 2 is 1.86 bits per heavy atom. The summed E-state index contributed by atoms with van der Waals surface area (Å²) in [5, 5.41) is 20.0. The highest BCUT2D eigenvalue weighted by Gasteiger charge is 2.30. The van der Waals surface area contributed by atoms with Crippen LogP contribution in [0.3, 0.4) is 0 Å². The molecule has 2 N–H and O–H groups in total. The fraction of sp³-hybridized carbons (Fsp3) is 0.542. The van der Waals surface area contributed by atoms with E-state index in [2.05, 4.69) is 25.4 Å². The van der Waals surface area contributed by atoms with E-state index in [1.807, 2.05) is 19.9 Å². The molecule has 3 aromatic rings.